The van der Waals surface area contributed by atoms with Crippen molar-refractivity contribution in [2.24, 2.45) is 11.8 Å². The Morgan fingerprint density at radius 1 is 1.19 bits per heavy atom. The van der Waals surface area contributed by atoms with Crippen molar-refractivity contribution < 1.29 is 14.3 Å². The maximum Gasteiger partial charge on any atom is 0.317 e. The smallest absolute Gasteiger partial charge is 0.317 e. The van der Waals surface area contributed by atoms with Crippen molar-refractivity contribution in [3.8, 4) is 0 Å². The molecular weight excluding hydrogens is 330 g/mol. The molecule has 0 aromatic heterocycles. The topological polar surface area (TPSA) is 61.9 Å². The Bertz CT molecular complexity index is 600. The number of likely N-dealkylation sites (tertiary alicyclic amines) is 2. The van der Waals surface area contributed by atoms with Gasteiger partial charge in [-0.1, -0.05) is 30.3 Å². The third-order valence-electron chi connectivity index (χ3n) is 5.36. The zero-order chi connectivity index (χ0) is 18.4. The summed E-state index contributed by atoms with van der Waals surface area (Å²) in [6.07, 6.45) is 2.52. The van der Waals surface area contributed by atoms with Gasteiger partial charge in [-0.25, -0.2) is 4.79 Å². The molecule has 0 bridgehead atoms. The van der Waals surface area contributed by atoms with Gasteiger partial charge in [0.05, 0.1) is 6.61 Å². The number of hydrogen-bond acceptors (Lipinski definition) is 3. The van der Waals surface area contributed by atoms with E-state index in [0.717, 1.165) is 44.6 Å². The molecule has 2 aliphatic rings. The lowest BCUT2D eigenvalue weighted by Crippen LogP contribution is -2.46. The van der Waals surface area contributed by atoms with Crippen LogP contribution in [0.1, 0.15) is 24.8 Å². The molecule has 26 heavy (non-hydrogen) atoms. The summed E-state index contributed by atoms with van der Waals surface area (Å²) >= 11 is 0. The molecule has 6 heteroatoms. The SMILES string of the molecule is COCC1CC(=O)N(CC2CCN(C(=O)NCc3ccccc3)CC2)C1. The standard InChI is InChI=1S/C20H29N3O3/c1-26-15-18-11-19(24)23(14-18)13-17-7-9-22(10-8-17)20(25)21-12-16-5-3-2-4-6-16/h2-6,17-18H,7-15H2,1H3,(H,21,25). The number of rotatable bonds is 6. The van der Waals surface area contributed by atoms with Crippen LogP contribution < -0.4 is 5.32 Å². The first-order chi connectivity index (χ1) is 12.7. The first kappa shape index (κ1) is 18.7. The number of methoxy groups -OCH3 is 1. The van der Waals surface area contributed by atoms with E-state index in [-0.39, 0.29) is 11.9 Å². The number of carbonyl (C=O) groups excluding carboxylic acids is 2. The summed E-state index contributed by atoms with van der Waals surface area (Å²) in [5.74, 6) is 1.06. The zero-order valence-corrected chi connectivity index (χ0v) is 15.5. The van der Waals surface area contributed by atoms with Crippen LogP contribution in [0, 0.1) is 11.8 Å². The van der Waals surface area contributed by atoms with Crippen LogP contribution in [0.25, 0.3) is 0 Å². The van der Waals surface area contributed by atoms with E-state index in [2.05, 4.69) is 5.32 Å². The second-order valence-corrected chi connectivity index (χ2v) is 7.40. The third-order valence-corrected chi connectivity index (χ3v) is 5.36. The van der Waals surface area contributed by atoms with E-state index < -0.39 is 0 Å². The van der Waals surface area contributed by atoms with Crippen LogP contribution in [-0.2, 0) is 16.1 Å². The van der Waals surface area contributed by atoms with Crippen molar-refractivity contribution in [3.05, 3.63) is 35.9 Å². The van der Waals surface area contributed by atoms with E-state index in [1.807, 2.05) is 40.1 Å². The average Bonchev–Trinajstić information content (AvgIpc) is 3.00. The molecule has 3 rings (SSSR count). The van der Waals surface area contributed by atoms with E-state index >= 15 is 0 Å². The summed E-state index contributed by atoms with van der Waals surface area (Å²) < 4.78 is 5.18. The van der Waals surface area contributed by atoms with Crippen LogP contribution in [-0.4, -0.2) is 61.6 Å². The van der Waals surface area contributed by atoms with Crippen molar-refractivity contribution in [2.45, 2.75) is 25.8 Å². The quantitative estimate of drug-likeness (QED) is 0.846. The largest absolute Gasteiger partial charge is 0.384 e. The van der Waals surface area contributed by atoms with Gasteiger partial charge in [-0.05, 0) is 24.3 Å². The minimum Gasteiger partial charge on any atom is -0.384 e. The predicted molar refractivity (Wildman–Crippen MR) is 99.5 cm³/mol. The summed E-state index contributed by atoms with van der Waals surface area (Å²) in [6, 6.07) is 9.95. The molecule has 0 saturated carbocycles. The maximum absolute atomic E-state index is 12.3. The van der Waals surface area contributed by atoms with Crippen LogP contribution >= 0.6 is 0 Å². The number of ether oxygens (including phenoxy) is 1. The van der Waals surface area contributed by atoms with Gasteiger partial charge in [0.1, 0.15) is 0 Å². The molecule has 1 unspecified atom stereocenters. The van der Waals surface area contributed by atoms with Crippen LogP contribution in [0.15, 0.2) is 30.3 Å². The molecule has 6 nitrogen and oxygen atoms in total. The van der Waals surface area contributed by atoms with E-state index in [9.17, 15) is 9.59 Å². The second kappa shape index (κ2) is 9.03. The van der Waals surface area contributed by atoms with Gasteiger partial charge in [-0.3, -0.25) is 4.79 Å². The van der Waals surface area contributed by atoms with Gasteiger partial charge in [0.2, 0.25) is 5.91 Å². The molecule has 2 aliphatic heterocycles. The van der Waals surface area contributed by atoms with Gasteiger partial charge < -0.3 is 19.9 Å². The number of piperidine rings is 1. The molecule has 3 amide bonds. The maximum atomic E-state index is 12.3. The van der Waals surface area contributed by atoms with Crippen LogP contribution in [0.3, 0.4) is 0 Å². The predicted octanol–water partition coefficient (Wildman–Crippen LogP) is 2.10. The average molecular weight is 359 g/mol. The van der Waals surface area contributed by atoms with E-state index in [4.69, 9.17) is 4.74 Å². The molecule has 1 N–H and O–H groups in total. The third kappa shape index (κ3) is 4.97. The van der Waals surface area contributed by atoms with Gasteiger partial charge in [-0.2, -0.15) is 0 Å². The highest BCUT2D eigenvalue weighted by Crippen LogP contribution is 2.24. The van der Waals surface area contributed by atoms with E-state index in [1.54, 1.807) is 7.11 Å². The van der Waals surface area contributed by atoms with Gasteiger partial charge in [0.25, 0.3) is 0 Å². The highest BCUT2D eigenvalue weighted by Gasteiger charge is 2.32. The Kier molecular flexibility index (Phi) is 6.50. The van der Waals surface area contributed by atoms with Gasteiger partial charge in [0.15, 0.2) is 0 Å². The Hall–Kier alpha value is -2.08. The molecule has 2 fully saturated rings. The number of nitrogens with one attached hydrogen (secondary N) is 1. The van der Waals surface area contributed by atoms with E-state index in [1.165, 1.54) is 0 Å². The molecule has 1 atom stereocenters. The fourth-order valence-electron chi connectivity index (χ4n) is 3.89. The van der Waals surface area contributed by atoms with Crippen molar-refractivity contribution in [3.63, 3.8) is 0 Å². The minimum absolute atomic E-state index is 0.00436. The van der Waals surface area contributed by atoms with Crippen molar-refractivity contribution >= 4 is 11.9 Å². The van der Waals surface area contributed by atoms with Crippen molar-refractivity contribution in [2.75, 3.05) is 39.9 Å². The lowest BCUT2D eigenvalue weighted by molar-refractivity contribution is -0.128. The molecule has 1 aromatic rings. The lowest BCUT2D eigenvalue weighted by atomic mass is 9.96. The Labute approximate surface area is 155 Å². The number of urea groups is 1. The summed E-state index contributed by atoms with van der Waals surface area (Å²) in [5.41, 5.74) is 1.11. The summed E-state index contributed by atoms with van der Waals surface area (Å²) in [5, 5.41) is 2.99. The summed E-state index contributed by atoms with van der Waals surface area (Å²) in [4.78, 5) is 28.3. The lowest BCUT2D eigenvalue weighted by Gasteiger charge is -2.34. The molecule has 0 spiro atoms. The monoisotopic (exact) mass is 359 g/mol. The number of hydrogen-bond donors (Lipinski definition) is 1. The molecule has 142 valence electrons. The fourth-order valence-corrected chi connectivity index (χ4v) is 3.89. The highest BCUT2D eigenvalue weighted by atomic mass is 16.5. The summed E-state index contributed by atoms with van der Waals surface area (Å²) in [6.45, 7) is 4.36. The van der Waals surface area contributed by atoms with Gasteiger partial charge >= 0.3 is 6.03 Å². The number of benzene rings is 1. The first-order valence-corrected chi connectivity index (χ1v) is 9.49. The van der Waals surface area contributed by atoms with Crippen LogP contribution in [0.5, 0.6) is 0 Å². The Morgan fingerprint density at radius 2 is 1.92 bits per heavy atom. The fraction of sp³-hybridized carbons (Fsp3) is 0.600. The normalized spacial score (nSPS) is 21.3. The van der Waals surface area contributed by atoms with Gasteiger partial charge in [0, 0.05) is 52.2 Å². The molecule has 1 aromatic carbocycles. The second-order valence-electron chi connectivity index (χ2n) is 7.40. The van der Waals surface area contributed by atoms with Crippen LogP contribution in [0.2, 0.25) is 0 Å². The van der Waals surface area contributed by atoms with Crippen LogP contribution in [0.4, 0.5) is 4.79 Å². The summed E-state index contributed by atoms with van der Waals surface area (Å²) in [7, 11) is 1.69. The number of nitrogens with zero attached hydrogens (tertiary/aromatic N) is 2. The molecule has 2 heterocycles. The van der Waals surface area contributed by atoms with Gasteiger partial charge in [-0.15, -0.1) is 0 Å². The minimum atomic E-state index is 0.00436. The molecule has 0 radical (unpaired) electrons. The highest BCUT2D eigenvalue weighted by molar-refractivity contribution is 5.78. The van der Waals surface area contributed by atoms with Crippen molar-refractivity contribution in [1.29, 1.82) is 0 Å². The van der Waals surface area contributed by atoms with E-state index in [0.29, 0.717) is 31.4 Å². The molecule has 2 saturated heterocycles. The number of amides is 3. The zero-order valence-electron chi connectivity index (χ0n) is 15.5. The number of carbonyl (C=O) groups is 2. The van der Waals surface area contributed by atoms with Crippen molar-refractivity contribution in [1.82, 2.24) is 15.1 Å². The molecular formula is C20H29N3O3. The Balaban J connectivity index is 1.38. The molecule has 0 aliphatic carbocycles. The Morgan fingerprint density at radius 3 is 2.62 bits per heavy atom. The first-order valence-electron chi connectivity index (χ1n) is 9.49.